The second-order valence-corrected chi connectivity index (χ2v) is 15.2. The third kappa shape index (κ3) is 4.38. The first-order chi connectivity index (χ1) is 25.7. The Morgan fingerprint density at radius 3 is 2.06 bits per heavy atom. The van der Waals surface area contributed by atoms with Crippen LogP contribution in [0.5, 0.6) is 0 Å². The number of aromatic nitrogens is 1. The van der Waals surface area contributed by atoms with Crippen molar-refractivity contribution in [1.82, 2.24) is 4.57 Å². The summed E-state index contributed by atoms with van der Waals surface area (Å²) in [6.07, 6.45) is 6.60. The van der Waals surface area contributed by atoms with Crippen LogP contribution in [0.2, 0.25) is 0 Å². The van der Waals surface area contributed by atoms with E-state index in [0.29, 0.717) is 5.92 Å². The molecule has 52 heavy (non-hydrogen) atoms. The zero-order chi connectivity index (χ0) is 34.3. The first kappa shape index (κ1) is 29.9. The molecule has 11 rings (SSSR count). The van der Waals surface area contributed by atoms with Gasteiger partial charge in [-0.2, -0.15) is 0 Å². The van der Waals surface area contributed by atoms with E-state index in [4.69, 9.17) is 0 Å². The predicted molar refractivity (Wildman–Crippen MR) is 221 cm³/mol. The fraction of sp³-hybridized carbons (Fsp3) is 0.143. The van der Waals surface area contributed by atoms with Crippen LogP contribution in [0.3, 0.4) is 0 Å². The summed E-state index contributed by atoms with van der Waals surface area (Å²) in [6.45, 7) is 2.25. The van der Waals surface area contributed by atoms with E-state index in [-0.39, 0.29) is 6.85 Å². The zero-order valence-electron chi connectivity index (χ0n) is 29.5. The van der Waals surface area contributed by atoms with E-state index in [1.54, 1.807) is 0 Å². The van der Waals surface area contributed by atoms with Crippen molar-refractivity contribution < 1.29 is 0 Å². The molecule has 1 aromatic heterocycles. The molecular weight excluding hydrogens is 627 g/mol. The first-order valence-electron chi connectivity index (χ1n) is 19.1. The Kier molecular flexibility index (Phi) is 6.68. The topological polar surface area (TPSA) is 8.17 Å². The monoisotopic (exact) mass is 666 g/mol. The molecule has 3 heterocycles. The van der Waals surface area contributed by atoms with E-state index in [2.05, 4.69) is 168 Å². The molecule has 0 spiro atoms. The molecule has 0 saturated heterocycles. The molecule has 0 atom stereocenters. The second kappa shape index (κ2) is 11.6. The lowest BCUT2D eigenvalue weighted by molar-refractivity contribution is 0.443. The highest BCUT2D eigenvalue weighted by Gasteiger charge is 2.44. The number of hydrogen-bond donors (Lipinski definition) is 0. The van der Waals surface area contributed by atoms with Crippen LogP contribution < -0.4 is 15.7 Å². The average molecular weight is 667 g/mol. The van der Waals surface area contributed by atoms with Gasteiger partial charge >= 0.3 is 6.85 Å². The Morgan fingerprint density at radius 1 is 0.558 bits per heavy atom. The summed E-state index contributed by atoms with van der Waals surface area (Å²) >= 11 is 0. The number of fused-ring (bicyclic) bond motifs is 8. The Hall–Kier alpha value is -5.80. The van der Waals surface area contributed by atoms with E-state index < -0.39 is 0 Å². The first-order valence-corrected chi connectivity index (χ1v) is 19.1. The van der Waals surface area contributed by atoms with Crippen LogP contribution in [-0.4, -0.2) is 11.4 Å². The highest BCUT2D eigenvalue weighted by molar-refractivity contribution is 6.93. The molecule has 1 fully saturated rings. The van der Waals surface area contributed by atoms with Crippen LogP contribution in [0, 0.1) is 6.92 Å². The van der Waals surface area contributed by atoms with E-state index >= 15 is 0 Å². The molecule has 2 nitrogen and oxygen atoms in total. The number of benzene rings is 7. The van der Waals surface area contributed by atoms with Gasteiger partial charge in [0, 0.05) is 33.4 Å². The lowest BCUT2D eigenvalue weighted by atomic mass is 9.43. The smallest absolute Gasteiger partial charge is 0.333 e. The highest BCUT2D eigenvalue weighted by Crippen LogP contribution is 2.48. The standard InChI is InChI=1S/C49H39BN2/c1-32-21-28-45-41(29-32)42-31-40(36-17-9-4-10-18-36)47-39-19-11-12-20-44(39)51-46-30-37(34-15-7-3-8-16-34)24-27-43(46)50(48(42)49(47)51)52(45)38-25-22-35(23-26-38)33-13-5-2-6-14-33/h2,4-6,9-14,17-31,34H,3,7-8,15-16H2,1H3. The lowest BCUT2D eigenvalue weighted by Gasteiger charge is -2.42. The molecule has 8 aromatic rings. The zero-order valence-corrected chi connectivity index (χ0v) is 29.5. The third-order valence-corrected chi connectivity index (χ3v) is 12.2. The van der Waals surface area contributed by atoms with Crippen LogP contribution >= 0.6 is 0 Å². The predicted octanol–water partition coefficient (Wildman–Crippen LogP) is 11.7. The summed E-state index contributed by atoms with van der Waals surface area (Å²) in [4.78, 5) is 2.65. The molecule has 3 heteroatoms. The SMILES string of the molecule is Cc1ccc2c(c1)-c1cc(-c3ccccc3)c3c4ccccc4n4c3c1B(c1ccc(C3CCCCC3)cc1-4)N2c1ccc(-c2ccccc2)cc1. The van der Waals surface area contributed by atoms with Gasteiger partial charge in [-0.1, -0.05) is 134 Å². The number of anilines is 2. The van der Waals surface area contributed by atoms with Gasteiger partial charge < -0.3 is 9.38 Å². The molecule has 1 aliphatic carbocycles. The number of hydrogen-bond acceptors (Lipinski definition) is 1. The van der Waals surface area contributed by atoms with Crippen molar-refractivity contribution in [3.63, 3.8) is 0 Å². The van der Waals surface area contributed by atoms with Crippen LogP contribution in [0.15, 0.2) is 152 Å². The number of para-hydroxylation sites is 1. The van der Waals surface area contributed by atoms with Gasteiger partial charge in [0.2, 0.25) is 0 Å². The maximum absolute atomic E-state index is 2.65. The highest BCUT2D eigenvalue weighted by atomic mass is 15.1. The Bertz CT molecular complexity index is 2670. The van der Waals surface area contributed by atoms with Crippen molar-refractivity contribution in [3.05, 3.63) is 163 Å². The number of rotatable bonds is 4. The minimum Gasteiger partial charge on any atom is -0.376 e. The van der Waals surface area contributed by atoms with Crippen LogP contribution in [-0.2, 0) is 0 Å². The van der Waals surface area contributed by atoms with Gasteiger partial charge in [0.25, 0.3) is 0 Å². The maximum Gasteiger partial charge on any atom is 0.333 e. The van der Waals surface area contributed by atoms with Gasteiger partial charge in [0.05, 0.1) is 11.0 Å². The number of aryl methyl sites for hydroxylation is 1. The Labute approximate surface area is 306 Å². The summed E-state index contributed by atoms with van der Waals surface area (Å²) in [5.74, 6) is 0.626. The second-order valence-electron chi connectivity index (χ2n) is 15.2. The quantitative estimate of drug-likeness (QED) is 0.170. The van der Waals surface area contributed by atoms with E-state index in [9.17, 15) is 0 Å². The van der Waals surface area contributed by atoms with Crippen LogP contribution in [0.4, 0.5) is 11.4 Å². The van der Waals surface area contributed by atoms with E-state index in [0.717, 1.165) is 0 Å². The third-order valence-electron chi connectivity index (χ3n) is 12.2. The minimum atomic E-state index is 0.0207. The van der Waals surface area contributed by atoms with Crippen molar-refractivity contribution in [1.29, 1.82) is 0 Å². The van der Waals surface area contributed by atoms with E-state index in [1.807, 2.05) is 0 Å². The summed E-state index contributed by atoms with van der Waals surface area (Å²) in [5, 5.41) is 2.68. The molecule has 1 saturated carbocycles. The lowest BCUT2D eigenvalue weighted by Crippen LogP contribution is -2.60. The molecule has 7 aromatic carbocycles. The summed E-state index contributed by atoms with van der Waals surface area (Å²) in [6, 6.07) is 57.3. The molecule has 0 amide bonds. The number of nitrogens with zero attached hydrogens (tertiary/aromatic N) is 2. The molecule has 3 aliphatic rings. The van der Waals surface area contributed by atoms with Crippen LogP contribution in [0.1, 0.15) is 49.1 Å². The van der Waals surface area contributed by atoms with Gasteiger partial charge in [-0.25, -0.2) is 0 Å². The Balaban J connectivity index is 1.26. The molecule has 248 valence electrons. The minimum absolute atomic E-state index is 0.0207. The maximum atomic E-state index is 2.65. The average Bonchev–Trinajstić information content (AvgIpc) is 3.57. The molecular formula is C49H39BN2. The van der Waals surface area contributed by atoms with Crippen molar-refractivity contribution >= 4 is 51.0 Å². The van der Waals surface area contributed by atoms with Crippen molar-refractivity contribution in [2.75, 3.05) is 4.81 Å². The largest absolute Gasteiger partial charge is 0.376 e. The molecule has 0 N–H and O–H groups in total. The van der Waals surface area contributed by atoms with Gasteiger partial charge in [0.15, 0.2) is 0 Å². The van der Waals surface area contributed by atoms with Crippen LogP contribution in [0.25, 0.3) is 60.9 Å². The summed E-state index contributed by atoms with van der Waals surface area (Å²) in [7, 11) is 0. The van der Waals surface area contributed by atoms with Crippen molar-refractivity contribution in [2.24, 2.45) is 0 Å². The fourth-order valence-electron chi connectivity index (χ4n) is 9.83. The molecule has 0 radical (unpaired) electrons. The van der Waals surface area contributed by atoms with E-state index in [1.165, 1.54) is 126 Å². The Morgan fingerprint density at radius 2 is 1.27 bits per heavy atom. The normalized spacial score (nSPS) is 14.9. The van der Waals surface area contributed by atoms with Gasteiger partial charge in [0.1, 0.15) is 0 Å². The van der Waals surface area contributed by atoms with Gasteiger partial charge in [-0.15, -0.1) is 0 Å². The fourth-order valence-corrected chi connectivity index (χ4v) is 9.83. The summed E-state index contributed by atoms with van der Waals surface area (Å²) in [5.41, 5.74) is 19.7. The van der Waals surface area contributed by atoms with Gasteiger partial charge in [-0.3, -0.25) is 0 Å². The van der Waals surface area contributed by atoms with Gasteiger partial charge in [-0.05, 0) is 112 Å². The summed E-state index contributed by atoms with van der Waals surface area (Å²) < 4.78 is 2.64. The van der Waals surface area contributed by atoms with Crippen molar-refractivity contribution in [3.8, 4) is 39.1 Å². The van der Waals surface area contributed by atoms with Crippen molar-refractivity contribution in [2.45, 2.75) is 44.9 Å². The molecule has 2 aliphatic heterocycles. The molecule has 0 unspecified atom stereocenters. The molecule has 0 bridgehead atoms.